The molecule has 0 aliphatic rings. The van der Waals surface area contributed by atoms with E-state index in [1.807, 2.05) is 42.5 Å². The first-order chi connectivity index (χ1) is 11.1. The molecule has 1 N–H and O–H groups in total. The number of furan rings is 1. The average Bonchev–Trinajstić information content (AvgIpc) is 2.98. The minimum Gasteiger partial charge on any atom is -0.460 e. The summed E-state index contributed by atoms with van der Waals surface area (Å²) in [5, 5.41) is 5.25. The van der Waals surface area contributed by atoms with Gasteiger partial charge in [-0.15, -0.1) is 12.4 Å². The summed E-state index contributed by atoms with van der Waals surface area (Å²) < 4.78 is 5.84. The molecule has 3 rings (SSSR count). The lowest BCUT2D eigenvalue weighted by Gasteiger charge is -2.05. The molecule has 0 radical (unpaired) electrons. The van der Waals surface area contributed by atoms with E-state index >= 15 is 0 Å². The summed E-state index contributed by atoms with van der Waals surface area (Å²) in [7, 11) is 0. The van der Waals surface area contributed by atoms with Crippen molar-refractivity contribution in [3.63, 3.8) is 0 Å². The molecular formula is C18H15Cl4NO. The van der Waals surface area contributed by atoms with Gasteiger partial charge in [-0.1, -0.05) is 53.0 Å². The van der Waals surface area contributed by atoms with E-state index in [1.54, 1.807) is 12.1 Å². The lowest BCUT2D eigenvalue weighted by atomic mass is 10.2. The van der Waals surface area contributed by atoms with Gasteiger partial charge in [0.1, 0.15) is 11.5 Å². The maximum atomic E-state index is 6.20. The standard InChI is InChI=1S/C18H14Cl3NO.ClH/c19-13-5-7-15(17(21)9-13)18-8-6-14(23-18)11-22-10-12-3-1-2-4-16(12)20;/h1-9,22H,10-11H2;1H. The Morgan fingerprint density at radius 1 is 0.833 bits per heavy atom. The van der Waals surface area contributed by atoms with Gasteiger partial charge in [0.05, 0.1) is 11.6 Å². The molecule has 3 aromatic rings. The van der Waals surface area contributed by atoms with Gasteiger partial charge < -0.3 is 9.73 Å². The molecule has 0 unspecified atom stereocenters. The van der Waals surface area contributed by atoms with Crippen LogP contribution in [0, 0.1) is 0 Å². The molecule has 1 aromatic heterocycles. The van der Waals surface area contributed by atoms with Crippen LogP contribution in [0.3, 0.4) is 0 Å². The van der Waals surface area contributed by atoms with E-state index in [-0.39, 0.29) is 12.4 Å². The van der Waals surface area contributed by atoms with Crippen LogP contribution in [0.15, 0.2) is 59.0 Å². The van der Waals surface area contributed by atoms with Gasteiger partial charge in [0.25, 0.3) is 0 Å². The molecule has 6 heteroatoms. The quantitative estimate of drug-likeness (QED) is 0.518. The monoisotopic (exact) mass is 401 g/mol. The molecule has 24 heavy (non-hydrogen) atoms. The second-order valence-corrected chi connectivity index (χ2v) is 6.34. The summed E-state index contributed by atoms with van der Waals surface area (Å²) in [5.74, 6) is 1.55. The van der Waals surface area contributed by atoms with E-state index < -0.39 is 0 Å². The first kappa shape index (κ1) is 19.2. The fraction of sp³-hybridized carbons (Fsp3) is 0.111. The lowest BCUT2D eigenvalue weighted by molar-refractivity contribution is 0.493. The van der Waals surface area contributed by atoms with Gasteiger partial charge in [0.2, 0.25) is 0 Å². The van der Waals surface area contributed by atoms with Crippen LogP contribution in [0.5, 0.6) is 0 Å². The molecule has 0 saturated carbocycles. The Morgan fingerprint density at radius 3 is 2.38 bits per heavy atom. The smallest absolute Gasteiger partial charge is 0.135 e. The van der Waals surface area contributed by atoms with Crippen LogP contribution in [0.1, 0.15) is 11.3 Å². The fourth-order valence-electron chi connectivity index (χ4n) is 2.27. The third kappa shape index (κ3) is 4.69. The predicted molar refractivity (Wildman–Crippen MR) is 103 cm³/mol. The Bertz CT molecular complexity index is 816. The van der Waals surface area contributed by atoms with Crippen molar-refractivity contribution in [3.8, 4) is 11.3 Å². The summed E-state index contributed by atoms with van der Waals surface area (Å²) in [4.78, 5) is 0. The van der Waals surface area contributed by atoms with E-state index in [0.29, 0.717) is 23.1 Å². The van der Waals surface area contributed by atoms with Crippen molar-refractivity contribution in [1.29, 1.82) is 0 Å². The normalized spacial score (nSPS) is 10.5. The molecule has 126 valence electrons. The van der Waals surface area contributed by atoms with Gasteiger partial charge in [-0.3, -0.25) is 0 Å². The third-order valence-corrected chi connectivity index (χ3v) is 4.35. The van der Waals surface area contributed by atoms with Gasteiger partial charge in [0, 0.05) is 22.2 Å². The lowest BCUT2D eigenvalue weighted by Crippen LogP contribution is -2.12. The van der Waals surface area contributed by atoms with Crippen LogP contribution in [-0.4, -0.2) is 0 Å². The summed E-state index contributed by atoms with van der Waals surface area (Å²) >= 11 is 18.2. The zero-order valence-corrected chi connectivity index (χ0v) is 15.6. The minimum atomic E-state index is 0. The maximum Gasteiger partial charge on any atom is 0.135 e. The van der Waals surface area contributed by atoms with E-state index in [0.717, 1.165) is 27.7 Å². The van der Waals surface area contributed by atoms with E-state index in [1.165, 1.54) is 0 Å². The van der Waals surface area contributed by atoms with Crippen molar-refractivity contribution in [2.24, 2.45) is 0 Å². The second kappa shape index (κ2) is 8.80. The highest BCUT2D eigenvalue weighted by Crippen LogP contribution is 2.31. The zero-order chi connectivity index (χ0) is 16.2. The Kier molecular flexibility index (Phi) is 7.02. The fourth-order valence-corrected chi connectivity index (χ4v) is 2.97. The van der Waals surface area contributed by atoms with Crippen molar-refractivity contribution >= 4 is 47.2 Å². The SMILES string of the molecule is Cl.Clc1ccc(-c2ccc(CNCc3ccccc3Cl)o2)c(Cl)c1. The minimum absolute atomic E-state index is 0. The summed E-state index contributed by atoms with van der Waals surface area (Å²) in [6.45, 7) is 1.29. The molecule has 2 aromatic carbocycles. The largest absolute Gasteiger partial charge is 0.460 e. The van der Waals surface area contributed by atoms with E-state index in [2.05, 4.69) is 5.32 Å². The number of benzene rings is 2. The Balaban J connectivity index is 0.00000208. The molecule has 0 spiro atoms. The number of hydrogen-bond acceptors (Lipinski definition) is 2. The molecule has 0 amide bonds. The molecule has 0 atom stereocenters. The molecule has 1 heterocycles. The van der Waals surface area contributed by atoms with Crippen LogP contribution in [0.25, 0.3) is 11.3 Å². The summed E-state index contributed by atoms with van der Waals surface area (Å²) in [5.41, 5.74) is 1.88. The topological polar surface area (TPSA) is 25.2 Å². The third-order valence-electron chi connectivity index (χ3n) is 3.43. The molecule has 0 aliphatic carbocycles. The number of rotatable bonds is 5. The second-order valence-electron chi connectivity index (χ2n) is 5.09. The van der Waals surface area contributed by atoms with Crippen LogP contribution in [-0.2, 0) is 13.1 Å². The number of hydrogen-bond donors (Lipinski definition) is 1. The van der Waals surface area contributed by atoms with Crippen LogP contribution in [0.2, 0.25) is 15.1 Å². The molecule has 0 fully saturated rings. The van der Waals surface area contributed by atoms with Crippen molar-refractivity contribution in [2.45, 2.75) is 13.1 Å². The van der Waals surface area contributed by atoms with Gasteiger partial charge in [-0.05, 0) is 42.0 Å². The predicted octanol–water partition coefficient (Wildman–Crippen LogP) is 6.62. The molecular weight excluding hydrogens is 388 g/mol. The molecule has 0 saturated heterocycles. The zero-order valence-electron chi connectivity index (χ0n) is 12.6. The Morgan fingerprint density at radius 2 is 1.62 bits per heavy atom. The van der Waals surface area contributed by atoms with E-state index in [9.17, 15) is 0 Å². The maximum absolute atomic E-state index is 6.20. The Hall–Kier alpha value is -1.16. The van der Waals surface area contributed by atoms with Gasteiger partial charge in [0.15, 0.2) is 0 Å². The van der Waals surface area contributed by atoms with Crippen LogP contribution >= 0.6 is 47.2 Å². The number of halogens is 4. The van der Waals surface area contributed by atoms with Gasteiger partial charge in [-0.2, -0.15) is 0 Å². The van der Waals surface area contributed by atoms with Gasteiger partial charge >= 0.3 is 0 Å². The van der Waals surface area contributed by atoms with Crippen molar-refractivity contribution < 1.29 is 4.42 Å². The van der Waals surface area contributed by atoms with Crippen molar-refractivity contribution in [1.82, 2.24) is 5.32 Å². The number of nitrogens with one attached hydrogen (secondary N) is 1. The molecule has 0 aliphatic heterocycles. The first-order valence-corrected chi connectivity index (χ1v) is 8.25. The molecule has 2 nitrogen and oxygen atoms in total. The van der Waals surface area contributed by atoms with Crippen LogP contribution in [0.4, 0.5) is 0 Å². The summed E-state index contributed by atoms with van der Waals surface area (Å²) in [6, 6.07) is 16.9. The highest BCUT2D eigenvalue weighted by molar-refractivity contribution is 6.36. The summed E-state index contributed by atoms with van der Waals surface area (Å²) in [6.07, 6.45) is 0. The van der Waals surface area contributed by atoms with Crippen molar-refractivity contribution in [2.75, 3.05) is 0 Å². The van der Waals surface area contributed by atoms with Crippen molar-refractivity contribution in [3.05, 3.63) is 81.0 Å². The highest BCUT2D eigenvalue weighted by Gasteiger charge is 2.09. The van der Waals surface area contributed by atoms with Gasteiger partial charge in [-0.25, -0.2) is 0 Å². The first-order valence-electron chi connectivity index (χ1n) is 7.12. The highest BCUT2D eigenvalue weighted by atomic mass is 35.5. The van der Waals surface area contributed by atoms with E-state index in [4.69, 9.17) is 39.2 Å². The molecule has 0 bridgehead atoms. The van der Waals surface area contributed by atoms with Crippen LogP contribution < -0.4 is 5.32 Å². The average molecular weight is 403 g/mol. The Labute approximate surface area is 162 Å².